The van der Waals surface area contributed by atoms with Crippen molar-refractivity contribution in [1.82, 2.24) is 4.72 Å². The van der Waals surface area contributed by atoms with E-state index in [1.165, 1.54) is 5.38 Å². The molecule has 8 heteroatoms. The SMILES string of the molecule is CC(C)(CCO)CNS(=O)(=O)c1cc(C(=O)O)cs1. The summed E-state index contributed by atoms with van der Waals surface area (Å²) in [6.45, 7) is 3.83. The van der Waals surface area contributed by atoms with Gasteiger partial charge in [0.2, 0.25) is 10.0 Å². The lowest BCUT2D eigenvalue weighted by atomic mass is 9.90. The number of aliphatic hydroxyl groups excluding tert-OH is 1. The number of rotatable bonds is 7. The van der Waals surface area contributed by atoms with Gasteiger partial charge in [0.05, 0.1) is 5.56 Å². The smallest absolute Gasteiger partial charge is 0.336 e. The zero-order valence-electron chi connectivity index (χ0n) is 10.7. The summed E-state index contributed by atoms with van der Waals surface area (Å²) in [7, 11) is -3.70. The van der Waals surface area contributed by atoms with Crippen LogP contribution in [-0.2, 0) is 10.0 Å². The van der Waals surface area contributed by atoms with E-state index in [0.29, 0.717) is 6.42 Å². The fourth-order valence-electron chi connectivity index (χ4n) is 1.32. The second kappa shape index (κ2) is 6.00. The van der Waals surface area contributed by atoms with Crippen LogP contribution in [0.25, 0.3) is 0 Å². The van der Waals surface area contributed by atoms with E-state index < -0.39 is 16.0 Å². The van der Waals surface area contributed by atoms with Crippen LogP contribution in [0.2, 0.25) is 0 Å². The van der Waals surface area contributed by atoms with Gasteiger partial charge in [0, 0.05) is 18.5 Å². The molecule has 108 valence electrons. The van der Waals surface area contributed by atoms with E-state index in [1.807, 2.05) is 13.8 Å². The first-order valence-corrected chi connectivity index (χ1v) is 7.96. The first-order valence-electron chi connectivity index (χ1n) is 5.60. The summed E-state index contributed by atoms with van der Waals surface area (Å²) < 4.78 is 26.3. The van der Waals surface area contributed by atoms with Crippen LogP contribution in [0.15, 0.2) is 15.7 Å². The van der Waals surface area contributed by atoms with E-state index in [4.69, 9.17) is 10.2 Å². The van der Waals surface area contributed by atoms with Crippen molar-refractivity contribution in [2.45, 2.75) is 24.5 Å². The molecule has 0 aliphatic rings. The summed E-state index contributed by atoms with van der Waals surface area (Å²) >= 11 is 0.868. The van der Waals surface area contributed by atoms with Crippen molar-refractivity contribution in [2.24, 2.45) is 5.41 Å². The average molecular weight is 307 g/mol. The molecular weight excluding hydrogens is 290 g/mol. The first-order chi connectivity index (χ1) is 8.68. The summed E-state index contributed by atoms with van der Waals surface area (Å²) in [5, 5.41) is 18.9. The zero-order valence-corrected chi connectivity index (χ0v) is 12.3. The molecule has 0 saturated carbocycles. The predicted molar refractivity (Wildman–Crippen MR) is 72.0 cm³/mol. The number of hydrogen-bond acceptors (Lipinski definition) is 5. The van der Waals surface area contributed by atoms with Crippen molar-refractivity contribution < 1.29 is 23.4 Å². The van der Waals surface area contributed by atoms with E-state index in [1.54, 1.807) is 0 Å². The second-order valence-electron chi connectivity index (χ2n) is 4.92. The van der Waals surface area contributed by atoms with Gasteiger partial charge in [-0.2, -0.15) is 0 Å². The molecule has 0 amide bonds. The van der Waals surface area contributed by atoms with Crippen LogP contribution in [0.3, 0.4) is 0 Å². The van der Waals surface area contributed by atoms with Gasteiger partial charge in [-0.3, -0.25) is 0 Å². The third-order valence-electron chi connectivity index (χ3n) is 2.62. The van der Waals surface area contributed by atoms with Gasteiger partial charge in [-0.25, -0.2) is 17.9 Å². The Morgan fingerprint density at radius 1 is 1.47 bits per heavy atom. The topological polar surface area (TPSA) is 104 Å². The van der Waals surface area contributed by atoms with Crippen molar-refractivity contribution in [3.63, 3.8) is 0 Å². The Balaban J connectivity index is 2.78. The minimum absolute atomic E-state index is 0.0170. The van der Waals surface area contributed by atoms with Gasteiger partial charge in [0.25, 0.3) is 0 Å². The van der Waals surface area contributed by atoms with Crippen molar-refractivity contribution in [3.05, 3.63) is 17.0 Å². The molecule has 0 spiro atoms. The zero-order chi connectivity index (χ0) is 14.7. The van der Waals surface area contributed by atoms with Gasteiger partial charge in [-0.05, 0) is 17.9 Å². The van der Waals surface area contributed by atoms with E-state index in [-0.39, 0.29) is 28.3 Å². The lowest BCUT2D eigenvalue weighted by Gasteiger charge is -2.23. The monoisotopic (exact) mass is 307 g/mol. The summed E-state index contributed by atoms with van der Waals surface area (Å²) in [4.78, 5) is 10.7. The lowest BCUT2D eigenvalue weighted by molar-refractivity contribution is 0.0697. The maximum atomic E-state index is 12.0. The highest BCUT2D eigenvalue weighted by molar-refractivity contribution is 7.91. The minimum Gasteiger partial charge on any atom is -0.478 e. The van der Waals surface area contributed by atoms with Crippen LogP contribution in [0.5, 0.6) is 0 Å². The molecule has 0 fully saturated rings. The molecule has 6 nitrogen and oxygen atoms in total. The first kappa shape index (κ1) is 16.1. The Hall–Kier alpha value is -0.960. The number of sulfonamides is 1. The van der Waals surface area contributed by atoms with E-state index in [0.717, 1.165) is 17.4 Å². The highest BCUT2D eigenvalue weighted by Gasteiger charge is 2.23. The molecule has 0 unspecified atom stereocenters. The number of thiophene rings is 1. The molecular formula is C11H17NO5S2. The van der Waals surface area contributed by atoms with Crippen LogP contribution in [0.4, 0.5) is 0 Å². The molecule has 1 aromatic heterocycles. The third kappa shape index (κ3) is 4.57. The number of aromatic carboxylic acids is 1. The van der Waals surface area contributed by atoms with E-state index >= 15 is 0 Å². The Labute approximate surface area is 116 Å². The Morgan fingerprint density at radius 2 is 2.11 bits per heavy atom. The molecule has 0 radical (unpaired) electrons. The standard InChI is InChI=1S/C11H17NO5S2/c1-11(2,3-4-13)7-12-19(16,17)9-5-8(6-18-9)10(14)15/h5-6,12-13H,3-4,7H2,1-2H3,(H,14,15). The normalized spacial score (nSPS) is 12.6. The number of nitrogens with one attached hydrogen (secondary N) is 1. The number of hydrogen-bond donors (Lipinski definition) is 3. The van der Waals surface area contributed by atoms with E-state index in [9.17, 15) is 13.2 Å². The molecule has 1 heterocycles. The van der Waals surface area contributed by atoms with Crippen LogP contribution < -0.4 is 4.72 Å². The Bertz CT molecular complexity index is 547. The molecule has 0 aliphatic carbocycles. The summed E-state index contributed by atoms with van der Waals surface area (Å²) in [5.41, 5.74) is -0.408. The summed E-state index contributed by atoms with van der Waals surface area (Å²) in [6.07, 6.45) is 0.473. The second-order valence-corrected chi connectivity index (χ2v) is 7.83. The maximum Gasteiger partial charge on any atom is 0.336 e. The molecule has 0 aromatic carbocycles. The van der Waals surface area contributed by atoms with Gasteiger partial charge >= 0.3 is 5.97 Å². The summed E-state index contributed by atoms with van der Waals surface area (Å²) in [5.74, 6) is -1.15. The van der Waals surface area contributed by atoms with Crippen molar-refractivity contribution in [3.8, 4) is 0 Å². The molecule has 0 atom stereocenters. The molecule has 19 heavy (non-hydrogen) atoms. The number of aliphatic hydroxyl groups is 1. The number of carboxylic acids is 1. The highest BCUT2D eigenvalue weighted by atomic mass is 32.2. The largest absolute Gasteiger partial charge is 0.478 e. The van der Waals surface area contributed by atoms with Crippen LogP contribution in [0.1, 0.15) is 30.6 Å². The van der Waals surface area contributed by atoms with Crippen molar-refractivity contribution >= 4 is 27.3 Å². The third-order valence-corrected chi connectivity index (χ3v) is 5.46. The lowest BCUT2D eigenvalue weighted by Crippen LogP contribution is -2.34. The van der Waals surface area contributed by atoms with Crippen LogP contribution in [-0.4, -0.2) is 37.8 Å². The number of carboxylic acid groups (broad SMARTS) is 1. The molecule has 3 N–H and O–H groups in total. The fourth-order valence-corrected chi connectivity index (χ4v) is 3.76. The van der Waals surface area contributed by atoms with Gasteiger partial charge in [0.15, 0.2) is 0 Å². The highest BCUT2D eigenvalue weighted by Crippen LogP contribution is 2.23. The average Bonchev–Trinajstić information content (AvgIpc) is 2.77. The van der Waals surface area contributed by atoms with Crippen molar-refractivity contribution in [1.29, 1.82) is 0 Å². The van der Waals surface area contributed by atoms with Crippen LogP contribution >= 0.6 is 11.3 Å². The quantitative estimate of drug-likeness (QED) is 0.700. The van der Waals surface area contributed by atoms with Gasteiger partial charge in [-0.15, -0.1) is 11.3 Å². The van der Waals surface area contributed by atoms with E-state index in [2.05, 4.69) is 4.72 Å². The predicted octanol–water partition coefficient (Wildman–Crippen LogP) is 1.13. The molecule has 0 bridgehead atoms. The molecule has 1 aromatic rings. The summed E-state index contributed by atoms with van der Waals surface area (Å²) in [6, 6.07) is 1.13. The molecule has 1 rings (SSSR count). The van der Waals surface area contributed by atoms with Gasteiger partial charge in [0.1, 0.15) is 4.21 Å². The Morgan fingerprint density at radius 3 is 2.58 bits per heavy atom. The van der Waals surface area contributed by atoms with Crippen LogP contribution in [0, 0.1) is 5.41 Å². The molecule has 0 saturated heterocycles. The maximum absolute atomic E-state index is 12.0. The molecule has 0 aliphatic heterocycles. The fraction of sp³-hybridized carbons (Fsp3) is 0.545. The van der Waals surface area contributed by atoms with Crippen molar-refractivity contribution in [2.75, 3.05) is 13.2 Å². The Kier molecular flexibility index (Phi) is 5.08. The minimum atomic E-state index is -3.70. The number of carbonyl (C=O) groups is 1. The van der Waals surface area contributed by atoms with Gasteiger partial charge < -0.3 is 10.2 Å². The van der Waals surface area contributed by atoms with Gasteiger partial charge in [-0.1, -0.05) is 13.8 Å².